The van der Waals surface area contributed by atoms with E-state index in [9.17, 15) is 14.3 Å². The zero-order valence-corrected chi connectivity index (χ0v) is 18.4. The van der Waals surface area contributed by atoms with Gasteiger partial charge in [0.2, 0.25) is 0 Å². The SMILES string of the molecule is CCCC1CCC(C2CCC(CCc3ccc(C(=O)CC)c(O)c3F)CC2)CC1. The van der Waals surface area contributed by atoms with Gasteiger partial charge in [-0.15, -0.1) is 0 Å². The minimum atomic E-state index is -0.596. The van der Waals surface area contributed by atoms with Crippen LogP contribution < -0.4 is 0 Å². The van der Waals surface area contributed by atoms with E-state index in [1.807, 2.05) is 0 Å². The van der Waals surface area contributed by atoms with Crippen molar-refractivity contribution in [1.82, 2.24) is 0 Å². The number of hydrogen-bond acceptors (Lipinski definition) is 2. The van der Waals surface area contributed by atoms with Crippen molar-refractivity contribution in [2.45, 2.75) is 97.3 Å². The van der Waals surface area contributed by atoms with Crippen molar-refractivity contribution in [2.75, 3.05) is 0 Å². The Hall–Kier alpha value is -1.38. The van der Waals surface area contributed by atoms with Crippen molar-refractivity contribution in [3.63, 3.8) is 0 Å². The highest BCUT2D eigenvalue weighted by Gasteiger charge is 2.30. The Bertz CT molecular complexity index is 668. The normalized spacial score (nSPS) is 27.7. The molecule has 0 amide bonds. The molecule has 0 radical (unpaired) electrons. The molecule has 0 aliphatic heterocycles. The summed E-state index contributed by atoms with van der Waals surface area (Å²) in [4.78, 5) is 11.8. The van der Waals surface area contributed by atoms with Gasteiger partial charge in [-0.25, -0.2) is 4.39 Å². The molecule has 0 unspecified atom stereocenters. The second kappa shape index (κ2) is 10.6. The minimum absolute atomic E-state index is 0.114. The number of carbonyl (C=O) groups is 1. The molecule has 0 aromatic heterocycles. The third kappa shape index (κ3) is 5.61. The van der Waals surface area contributed by atoms with Gasteiger partial charge in [0.15, 0.2) is 17.3 Å². The van der Waals surface area contributed by atoms with Crippen LogP contribution in [0.4, 0.5) is 4.39 Å². The monoisotopic (exact) mass is 402 g/mol. The number of phenols is 1. The molecule has 3 rings (SSSR count). The molecule has 0 heterocycles. The molecule has 162 valence electrons. The number of phenolic OH excluding ortho intramolecular Hbond substituents is 1. The molecule has 2 saturated carbocycles. The molecule has 1 aromatic rings. The maximum atomic E-state index is 14.5. The summed E-state index contributed by atoms with van der Waals surface area (Å²) < 4.78 is 14.5. The van der Waals surface area contributed by atoms with Gasteiger partial charge in [-0.2, -0.15) is 0 Å². The molecule has 0 spiro atoms. The van der Waals surface area contributed by atoms with Gasteiger partial charge < -0.3 is 5.11 Å². The standard InChI is InChI=1S/C26H39FO2/c1-3-5-18-6-11-20(12-7-18)21-13-8-19(9-14-21)10-15-22-16-17-23(24(28)4-2)26(29)25(22)27/h16-21,29H,3-15H2,1-2H3. The van der Waals surface area contributed by atoms with Crippen LogP contribution in [0.2, 0.25) is 0 Å². The van der Waals surface area contributed by atoms with Gasteiger partial charge in [-0.1, -0.05) is 58.4 Å². The highest BCUT2D eigenvalue weighted by atomic mass is 19.1. The van der Waals surface area contributed by atoms with Crippen LogP contribution in [-0.2, 0) is 6.42 Å². The number of carbonyl (C=O) groups excluding carboxylic acids is 1. The van der Waals surface area contributed by atoms with Gasteiger partial charge >= 0.3 is 0 Å². The first-order valence-corrected chi connectivity index (χ1v) is 12.1. The van der Waals surface area contributed by atoms with E-state index >= 15 is 0 Å². The molecular formula is C26H39FO2. The summed E-state index contributed by atoms with van der Waals surface area (Å²) in [6.07, 6.45) is 15.6. The van der Waals surface area contributed by atoms with Crippen molar-refractivity contribution < 1.29 is 14.3 Å². The van der Waals surface area contributed by atoms with Crippen molar-refractivity contribution in [3.8, 4) is 5.75 Å². The zero-order valence-electron chi connectivity index (χ0n) is 18.4. The predicted molar refractivity (Wildman–Crippen MR) is 117 cm³/mol. The average Bonchev–Trinajstić information content (AvgIpc) is 2.75. The topological polar surface area (TPSA) is 37.3 Å². The number of halogens is 1. The molecule has 0 bridgehead atoms. The molecule has 1 aromatic carbocycles. The van der Waals surface area contributed by atoms with E-state index in [0.29, 0.717) is 17.9 Å². The minimum Gasteiger partial charge on any atom is -0.504 e. The van der Waals surface area contributed by atoms with Gasteiger partial charge in [-0.3, -0.25) is 4.79 Å². The molecule has 0 atom stereocenters. The summed E-state index contributed by atoms with van der Waals surface area (Å²) in [6, 6.07) is 3.28. The van der Waals surface area contributed by atoms with Crippen LogP contribution in [0.25, 0.3) is 0 Å². The van der Waals surface area contributed by atoms with Gasteiger partial charge in [0, 0.05) is 6.42 Å². The summed E-state index contributed by atoms with van der Waals surface area (Å²) in [5, 5.41) is 10.1. The van der Waals surface area contributed by atoms with Crippen LogP contribution in [0, 0.1) is 29.5 Å². The number of benzene rings is 1. The van der Waals surface area contributed by atoms with Crippen molar-refractivity contribution in [1.29, 1.82) is 0 Å². The fourth-order valence-electron chi connectivity index (χ4n) is 5.88. The number of hydrogen-bond donors (Lipinski definition) is 1. The highest BCUT2D eigenvalue weighted by Crippen LogP contribution is 2.43. The van der Waals surface area contributed by atoms with Crippen LogP contribution >= 0.6 is 0 Å². The summed E-state index contributed by atoms with van der Waals surface area (Å²) >= 11 is 0. The van der Waals surface area contributed by atoms with E-state index in [1.165, 1.54) is 64.2 Å². The molecule has 2 aliphatic rings. The van der Waals surface area contributed by atoms with Crippen LogP contribution in [0.1, 0.15) is 107 Å². The van der Waals surface area contributed by atoms with Gasteiger partial charge in [0.1, 0.15) is 0 Å². The lowest BCUT2D eigenvalue weighted by Crippen LogP contribution is -2.26. The summed E-state index contributed by atoms with van der Waals surface area (Å²) in [5.41, 5.74) is 0.662. The molecule has 29 heavy (non-hydrogen) atoms. The Kier molecular flexibility index (Phi) is 8.15. The first-order valence-electron chi connectivity index (χ1n) is 12.1. The highest BCUT2D eigenvalue weighted by molar-refractivity contribution is 5.98. The average molecular weight is 403 g/mol. The van der Waals surface area contributed by atoms with E-state index in [-0.39, 0.29) is 17.8 Å². The molecule has 1 N–H and O–H groups in total. The number of Topliss-reactive ketones (excluding diaryl/α,β-unsaturated/α-hetero) is 1. The van der Waals surface area contributed by atoms with Gasteiger partial charge in [-0.05, 0) is 73.8 Å². The van der Waals surface area contributed by atoms with E-state index in [0.717, 1.165) is 24.2 Å². The van der Waals surface area contributed by atoms with Crippen LogP contribution in [0.5, 0.6) is 5.75 Å². The zero-order chi connectivity index (χ0) is 20.8. The Labute approximate surface area is 176 Å². The summed E-state index contributed by atoms with van der Waals surface area (Å²) in [6.45, 7) is 4.03. The molecule has 2 fully saturated rings. The first kappa shape index (κ1) is 22.3. The Morgan fingerprint density at radius 1 is 0.931 bits per heavy atom. The van der Waals surface area contributed by atoms with Crippen molar-refractivity contribution >= 4 is 5.78 Å². The van der Waals surface area contributed by atoms with E-state index in [2.05, 4.69) is 6.92 Å². The lowest BCUT2D eigenvalue weighted by molar-refractivity contribution is 0.0984. The van der Waals surface area contributed by atoms with Crippen LogP contribution in [-0.4, -0.2) is 10.9 Å². The first-order chi connectivity index (χ1) is 14.0. The number of aryl methyl sites for hydroxylation is 1. The van der Waals surface area contributed by atoms with E-state index in [4.69, 9.17) is 0 Å². The number of rotatable bonds is 8. The van der Waals surface area contributed by atoms with E-state index < -0.39 is 11.6 Å². The molecule has 2 nitrogen and oxygen atoms in total. The fourth-order valence-corrected chi connectivity index (χ4v) is 5.88. The molecule has 2 aliphatic carbocycles. The maximum Gasteiger partial charge on any atom is 0.168 e. The Morgan fingerprint density at radius 2 is 1.48 bits per heavy atom. The largest absolute Gasteiger partial charge is 0.504 e. The third-order valence-corrected chi connectivity index (χ3v) is 7.79. The summed E-state index contributed by atoms with van der Waals surface area (Å²) in [7, 11) is 0. The fraction of sp³-hybridized carbons (Fsp3) is 0.731. The predicted octanol–water partition coefficient (Wildman–Crippen LogP) is 7.47. The third-order valence-electron chi connectivity index (χ3n) is 7.79. The maximum absolute atomic E-state index is 14.5. The number of aromatic hydroxyl groups is 1. The Morgan fingerprint density at radius 3 is 2.00 bits per heavy atom. The van der Waals surface area contributed by atoms with Crippen LogP contribution in [0.3, 0.4) is 0 Å². The second-order valence-corrected chi connectivity index (χ2v) is 9.60. The van der Waals surface area contributed by atoms with Gasteiger partial charge in [0.25, 0.3) is 0 Å². The smallest absolute Gasteiger partial charge is 0.168 e. The second-order valence-electron chi connectivity index (χ2n) is 9.60. The van der Waals surface area contributed by atoms with Crippen molar-refractivity contribution in [2.24, 2.45) is 23.7 Å². The quantitative estimate of drug-likeness (QED) is 0.458. The summed E-state index contributed by atoms with van der Waals surface area (Å²) in [5.74, 6) is 2.24. The number of ketones is 1. The lowest BCUT2D eigenvalue weighted by Gasteiger charge is -2.38. The Balaban J connectivity index is 1.45. The van der Waals surface area contributed by atoms with Crippen LogP contribution in [0.15, 0.2) is 12.1 Å². The van der Waals surface area contributed by atoms with E-state index in [1.54, 1.807) is 19.1 Å². The molecular weight excluding hydrogens is 363 g/mol. The lowest BCUT2D eigenvalue weighted by atomic mass is 9.68. The molecule has 3 heteroatoms. The van der Waals surface area contributed by atoms with Crippen molar-refractivity contribution in [3.05, 3.63) is 29.1 Å². The molecule has 0 saturated heterocycles. The van der Waals surface area contributed by atoms with Gasteiger partial charge in [0.05, 0.1) is 5.56 Å².